The lowest BCUT2D eigenvalue weighted by atomic mass is 9.89. The molecule has 0 aliphatic heterocycles. The third kappa shape index (κ3) is 4.31. The molecule has 4 heteroatoms. The standard InChI is InChI=1S/C38H30N2OS/c39-38-36(35-29-13-2-1-9-25(29)18-19-33(35)41-38)40-21-20-24-8-5-10-26(22-24)27-11-6-12-28(23-27)30-15-7-16-32-31-14-3-4-17-34(31)42-37(30)32/h1-2,4-13,15-17,21-23H,3,14,18-20,39H2. The van der Waals surface area contributed by atoms with Gasteiger partial charge in [-0.25, -0.2) is 0 Å². The number of thiophene rings is 1. The number of furan rings is 1. The van der Waals surface area contributed by atoms with Gasteiger partial charge in [0.15, 0.2) is 0 Å². The van der Waals surface area contributed by atoms with Gasteiger partial charge in [0.2, 0.25) is 5.88 Å². The fourth-order valence-corrected chi connectivity index (χ4v) is 7.83. The third-order valence-electron chi connectivity index (χ3n) is 8.55. The van der Waals surface area contributed by atoms with Crippen LogP contribution in [0.5, 0.6) is 0 Å². The molecule has 4 aromatic carbocycles. The van der Waals surface area contributed by atoms with E-state index in [0.29, 0.717) is 12.3 Å². The zero-order valence-electron chi connectivity index (χ0n) is 23.3. The number of aryl methyl sites for hydroxylation is 3. The molecule has 0 saturated heterocycles. The highest BCUT2D eigenvalue weighted by Crippen LogP contribution is 2.45. The van der Waals surface area contributed by atoms with Gasteiger partial charge >= 0.3 is 0 Å². The molecule has 6 aromatic rings. The van der Waals surface area contributed by atoms with Crippen LogP contribution in [0, 0.1) is 0 Å². The number of hydrogen-bond donors (Lipinski definition) is 1. The molecule has 2 N–H and O–H groups in total. The van der Waals surface area contributed by atoms with Crippen LogP contribution in [0.2, 0.25) is 0 Å². The summed E-state index contributed by atoms with van der Waals surface area (Å²) in [4.78, 5) is 6.25. The maximum Gasteiger partial charge on any atom is 0.217 e. The van der Waals surface area contributed by atoms with Crippen LogP contribution in [0.15, 0.2) is 106 Å². The summed E-state index contributed by atoms with van der Waals surface area (Å²) >= 11 is 1.92. The summed E-state index contributed by atoms with van der Waals surface area (Å²) in [5, 5.41) is 1.41. The van der Waals surface area contributed by atoms with Gasteiger partial charge in [-0.1, -0.05) is 91.0 Å². The van der Waals surface area contributed by atoms with Crippen LogP contribution >= 0.6 is 11.3 Å². The molecule has 2 aromatic heterocycles. The van der Waals surface area contributed by atoms with E-state index < -0.39 is 0 Å². The fourth-order valence-electron chi connectivity index (χ4n) is 6.51. The van der Waals surface area contributed by atoms with Crippen molar-refractivity contribution in [3.63, 3.8) is 0 Å². The van der Waals surface area contributed by atoms with E-state index in [9.17, 15) is 0 Å². The topological polar surface area (TPSA) is 51.5 Å². The average molecular weight is 563 g/mol. The van der Waals surface area contributed by atoms with Crippen LogP contribution in [-0.4, -0.2) is 6.21 Å². The van der Waals surface area contributed by atoms with E-state index in [2.05, 4.69) is 103 Å². The second-order valence-electron chi connectivity index (χ2n) is 11.1. The minimum Gasteiger partial charge on any atom is -0.443 e. The van der Waals surface area contributed by atoms with Gasteiger partial charge in [-0.15, -0.1) is 11.3 Å². The third-order valence-corrected chi connectivity index (χ3v) is 9.80. The summed E-state index contributed by atoms with van der Waals surface area (Å²) in [5.41, 5.74) is 18.3. The van der Waals surface area contributed by atoms with E-state index in [0.717, 1.165) is 42.7 Å². The molecule has 0 saturated carbocycles. The van der Waals surface area contributed by atoms with Gasteiger partial charge in [-0.3, -0.25) is 4.99 Å². The zero-order chi connectivity index (χ0) is 28.0. The molecule has 2 aliphatic carbocycles. The fraction of sp³-hybridized carbons (Fsp3) is 0.132. The molecule has 0 atom stereocenters. The van der Waals surface area contributed by atoms with Crippen molar-refractivity contribution in [2.75, 3.05) is 5.73 Å². The molecule has 0 amide bonds. The number of allylic oxidation sites excluding steroid dienone is 1. The highest BCUT2D eigenvalue weighted by molar-refractivity contribution is 7.20. The minimum absolute atomic E-state index is 0.399. The smallest absolute Gasteiger partial charge is 0.217 e. The maximum absolute atomic E-state index is 6.30. The van der Waals surface area contributed by atoms with E-state index in [1.165, 1.54) is 59.5 Å². The molecule has 0 unspecified atom stereocenters. The van der Waals surface area contributed by atoms with Crippen LogP contribution in [-0.2, 0) is 25.7 Å². The van der Waals surface area contributed by atoms with Crippen LogP contribution in [0.1, 0.15) is 33.7 Å². The molecule has 204 valence electrons. The van der Waals surface area contributed by atoms with E-state index in [1.54, 1.807) is 0 Å². The van der Waals surface area contributed by atoms with E-state index in [1.807, 2.05) is 17.6 Å². The molecule has 0 radical (unpaired) electrons. The van der Waals surface area contributed by atoms with Crippen LogP contribution in [0.25, 0.3) is 49.5 Å². The largest absolute Gasteiger partial charge is 0.443 e. The van der Waals surface area contributed by atoms with Crippen molar-refractivity contribution in [3.05, 3.63) is 124 Å². The Bertz CT molecular complexity index is 2040. The molecule has 2 aliphatic rings. The van der Waals surface area contributed by atoms with Gasteiger partial charge in [-0.2, -0.15) is 0 Å². The monoisotopic (exact) mass is 562 g/mol. The number of anilines is 1. The quantitative estimate of drug-likeness (QED) is 0.213. The minimum atomic E-state index is 0.399. The lowest BCUT2D eigenvalue weighted by Crippen LogP contribution is -2.01. The number of aliphatic imine (C=N–C) groups is 1. The molecule has 0 fully saturated rings. The molecule has 2 heterocycles. The lowest BCUT2D eigenvalue weighted by Gasteiger charge is -2.15. The van der Waals surface area contributed by atoms with Crippen LogP contribution < -0.4 is 5.73 Å². The summed E-state index contributed by atoms with van der Waals surface area (Å²) in [6, 6.07) is 32.9. The highest BCUT2D eigenvalue weighted by Gasteiger charge is 2.25. The number of nitrogens with zero attached hydrogens (tertiary/aromatic N) is 1. The summed E-state index contributed by atoms with van der Waals surface area (Å²) in [7, 11) is 0. The zero-order valence-corrected chi connectivity index (χ0v) is 24.1. The molecule has 8 rings (SSSR count). The normalized spacial score (nSPS) is 13.8. The second-order valence-corrected chi connectivity index (χ2v) is 12.2. The molecule has 0 spiro atoms. The summed E-state index contributed by atoms with van der Waals surface area (Å²) < 4.78 is 7.32. The SMILES string of the molecule is Nc1oc2c(c1N=CCc1cccc(-c3cccc(-c4cccc5c6c(sc45)C=CCC6)c3)c1)-c1ccccc1CC2. The lowest BCUT2D eigenvalue weighted by molar-refractivity contribution is 0.524. The van der Waals surface area contributed by atoms with Gasteiger partial charge in [0, 0.05) is 28.6 Å². The van der Waals surface area contributed by atoms with Crippen LogP contribution in [0.3, 0.4) is 0 Å². The Labute approximate surface area is 249 Å². The predicted octanol–water partition coefficient (Wildman–Crippen LogP) is 10.1. The van der Waals surface area contributed by atoms with Gasteiger partial charge in [0.05, 0.1) is 5.56 Å². The van der Waals surface area contributed by atoms with E-state index in [4.69, 9.17) is 15.1 Å². The van der Waals surface area contributed by atoms with Crippen LogP contribution in [0.4, 0.5) is 11.6 Å². The Morgan fingerprint density at radius 3 is 2.57 bits per heavy atom. The maximum atomic E-state index is 6.30. The van der Waals surface area contributed by atoms with Crippen molar-refractivity contribution in [3.8, 4) is 33.4 Å². The second kappa shape index (κ2) is 10.3. The summed E-state index contributed by atoms with van der Waals surface area (Å²) in [6.45, 7) is 0. The summed E-state index contributed by atoms with van der Waals surface area (Å²) in [6.07, 6.45) is 11.4. The van der Waals surface area contributed by atoms with Crippen molar-refractivity contribution in [2.45, 2.75) is 32.1 Å². The Morgan fingerprint density at radius 2 is 1.62 bits per heavy atom. The van der Waals surface area contributed by atoms with Crippen molar-refractivity contribution >= 4 is 45.3 Å². The Kier molecular flexibility index (Phi) is 6.15. The molecule has 3 nitrogen and oxygen atoms in total. The van der Waals surface area contributed by atoms with Gasteiger partial charge in [0.25, 0.3) is 0 Å². The first-order valence-corrected chi connectivity index (χ1v) is 15.5. The first-order valence-electron chi connectivity index (χ1n) is 14.7. The number of nitrogen functional groups attached to an aromatic ring is 1. The van der Waals surface area contributed by atoms with Gasteiger partial charge in [0.1, 0.15) is 11.4 Å². The van der Waals surface area contributed by atoms with E-state index in [-0.39, 0.29) is 0 Å². The van der Waals surface area contributed by atoms with Crippen molar-refractivity contribution in [1.29, 1.82) is 0 Å². The number of nitrogens with two attached hydrogens (primary N) is 1. The number of fused-ring (bicyclic) bond motifs is 6. The number of benzene rings is 4. The average Bonchev–Trinajstić information content (AvgIpc) is 3.58. The molecular weight excluding hydrogens is 532 g/mol. The van der Waals surface area contributed by atoms with E-state index >= 15 is 0 Å². The molecular formula is C38H30N2OS. The van der Waals surface area contributed by atoms with Crippen molar-refractivity contribution in [2.24, 2.45) is 4.99 Å². The van der Waals surface area contributed by atoms with Crippen molar-refractivity contribution in [1.82, 2.24) is 0 Å². The van der Waals surface area contributed by atoms with Crippen molar-refractivity contribution < 1.29 is 4.42 Å². The Balaban J connectivity index is 1.08. The first-order chi connectivity index (χ1) is 20.7. The Morgan fingerprint density at radius 1 is 0.810 bits per heavy atom. The van der Waals surface area contributed by atoms with Gasteiger partial charge < -0.3 is 10.2 Å². The molecule has 0 bridgehead atoms. The number of rotatable bonds is 5. The first kappa shape index (κ1) is 25.1. The Hall–Kier alpha value is -4.67. The predicted molar refractivity (Wildman–Crippen MR) is 178 cm³/mol. The molecule has 42 heavy (non-hydrogen) atoms. The summed E-state index contributed by atoms with van der Waals surface area (Å²) in [5.74, 6) is 1.34. The highest BCUT2D eigenvalue weighted by atomic mass is 32.1. The number of hydrogen-bond acceptors (Lipinski definition) is 4. The van der Waals surface area contributed by atoms with Gasteiger partial charge in [-0.05, 0) is 81.3 Å².